The van der Waals surface area contributed by atoms with Crippen LogP contribution in [0.2, 0.25) is 0 Å². The molecule has 0 aromatic heterocycles. The Morgan fingerprint density at radius 1 is 0.880 bits per heavy atom. The smallest absolute Gasteiger partial charge is 0.231 e. The highest BCUT2D eigenvalue weighted by molar-refractivity contribution is 5.79. The highest BCUT2D eigenvalue weighted by atomic mass is 16.7. The van der Waals surface area contributed by atoms with Gasteiger partial charge in [-0.25, -0.2) is 0 Å². The number of aliphatic hydroxyl groups excluding tert-OH is 1. The van der Waals surface area contributed by atoms with Gasteiger partial charge in [0.05, 0.1) is 0 Å². The van der Waals surface area contributed by atoms with E-state index in [9.17, 15) is 5.11 Å². The second-order valence-corrected chi connectivity index (χ2v) is 6.33. The van der Waals surface area contributed by atoms with Gasteiger partial charge >= 0.3 is 0 Å². The summed E-state index contributed by atoms with van der Waals surface area (Å²) in [5.41, 5.74) is 6.27. The molecule has 3 aromatic rings. The number of anilines is 1. The molecule has 1 heterocycles. The topological polar surface area (TPSA) is 50.7 Å². The maximum Gasteiger partial charge on any atom is 0.231 e. The van der Waals surface area contributed by atoms with Crippen molar-refractivity contribution >= 4 is 5.69 Å². The first-order valence-electron chi connectivity index (χ1n) is 8.33. The van der Waals surface area contributed by atoms with E-state index in [1.165, 1.54) is 0 Å². The molecule has 1 unspecified atom stereocenters. The average molecular weight is 331 g/mol. The van der Waals surface area contributed by atoms with E-state index in [0.29, 0.717) is 6.54 Å². The molecule has 0 saturated heterocycles. The number of rotatable bonds is 3. The predicted octanol–water partition coefficient (Wildman–Crippen LogP) is 4.09. The summed E-state index contributed by atoms with van der Waals surface area (Å²) in [5, 5.41) is 14.0. The third-order valence-electron chi connectivity index (χ3n) is 4.83. The van der Waals surface area contributed by atoms with Gasteiger partial charge in [-0.15, -0.1) is 0 Å². The van der Waals surface area contributed by atoms with Crippen LogP contribution < -0.4 is 14.8 Å². The van der Waals surface area contributed by atoms with Crippen LogP contribution in [-0.4, -0.2) is 11.9 Å². The van der Waals surface area contributed by atoms with E-state index in [1.54, 1.807) is 0 Å². The molecule has 5 rings (SSSR count). The van der Waals surface area contributed by atoms with Gasteiger partial charge in [0.2, 0.25) is 6.79 Å². The van der Waals surface area contributed by atoms with Crippen LogP contribution in [0.1, 0.15) is 22.8 Å². The standard InChI is InChI=1S/C21H17NO3/c23-21-17-4-2-1-3-15(17)16-7-6-14(10-18(16)21)22-11-13-5-8-19-20(9-13)25-12-24-19/h1-10,21-23H,11-12H2. The first-order chi connectivity index (χ1) is 12.3. The molecule has 0 spiro atoms. The summed E-state index contributed by atoms with van der Waals surface area (Å²) in [7, 11) is 0. The van der Waals surface area contributed by atoms with Crippen molar-refractivity contribution in [2.45, 2.75) is 12.6 Å². The quantitative estimate of drug-likeness (QED) is 0.759. The van der Waals surface area contributed by atoms with Crippen molar-refractivity contribution < 1.29 is 14.6 Å². The van der Waals surface area contributed by atoms with E-state index >= 15 is 0 Å². The van der Waals surface area contributed by atoms with Crippen LogP contribution in [0.4, 0.5) is 5.69 Å². The molecule has 1 atom stereocenters. The lowest BCUT2D eigenvalue weighted by Crippen LogP contribution is -2.01. The van der Waals surface area contributed by atoms with Crippen LogP contribution in [0.5, 0.6) is 11.5 Å². The summed E-state index contributed by atoms with van der Waals surface area (Å²) < 4.78 is 10.8. The summed E-state index contributed by atoms with van der Waals surface area (Å²) >= 11 is 0. The van der Waals surface area contributed by atoms with Gasteiger partial charge in [0.15, 0.2) is 11.5 Å². The minimum absolute atomic E-state index is 0.287. The fourth-order valence-corrected chi connectivity index (χ4v) is 3.55. The maximum absolute atomic E-state index is 10.6. The van der Waals surface area contributed by atoms with Crippen molar-refractivity contribution in [3.8, 4) is 22.6 Å². The van der Waals surface area contributed by atoms with Crippen molar-refractivity contribution in [2.75, 3.05) is 12.1 Å². The monoisotopic (exact) mass is 331 g/mol. The fourth-order valence-electron chi connectivity index (χ4n) is 3.55. The lowest BCUT2D eigenvalue weighted by Gasteiger charge is -2.11. The molecule has 4 heteroatoms. The lowest BCUT2D eigenvalue weighted by molar-refractivity contribution is 0.174. The van der Waals surface area contributed by atoms with Gasteiger partial charge in [-0.1, -0.05) is 36.4 Å². The molecule has 2 N–H and O–H groups in total. The Kier molecular flexibility index (Phi) is 3.18. The molecule has 1 aliphatic carbocycles. The van der Waals surface area contributed by atoms with Crippen LogP contribution in [0.25, 0.3) is 11.1 Å². The van der Waals surface area contributed by atoms with E-state index in [0.717, 1.165) is 45.0 Å². The third kappa shape index (κ3) is 2.34. The summed E-state index contributed by atoms with van der Waals surface area (Å²) in [6.45, 7) is 0.966. The molecule has 0 saturated carbocycles. The summed E-state index contributed by atoms with van der Waals surface area (Å²) in [5.74, 6) is 1.58. The Morgan fingerprint density at radius 2 is 1.72 bits per heavy atom. The van der Waals surface area contributed by atoms with E-state index in [-0.39, 0.29) is 6.79 Å². The molecular formula is C21H17NO3. The normalized spacial score (nSPS) is 16.4. The minimum Gasteiger partial charge on any atom is -0.454 e. The van der Waals surface area contributed by atoms with Gasteiger partial charge in [0.1, 0.15) is 6.10 Å². The summed E-state index contributed by atoms with van der Waals surface area (Å²) in [6, 6.07) is 20.1. The van der Waals surface area contributed by atoms with E-state index in [2.05, 4.69) is 23.5 Å². The molecule has 4 nitrogen and oxygen atoms in total. The Labute approximate surface area is 145 Å². The van der Waals surface area contributed by atoms with Crippen LogP contribution >= 0.6 is 0 Å². The van der Waals surface area contributed by atoms with Crippen LogP contribution in [0.3, 0.4) is 0 Å². The Bertz CT molecular complexity index is 967. The molecule has 0 fully saturated rings. The second kappa shape index (κ2) is 5.53. The van der Waals surface area contributed by atoms with E-state index < -0.39 is 6.10 Å². The van der Waals surface area contributed by atoms with Gasteiger partial charge < -0.3 is 19.9 Å². The van der Waals surface area contributed by atoms with Crippen LogP contribution in [0.15, 0.2) is 60.7 Å². The number of benzene rings is 3. The van der Waals surface area contributed by atoms with Gasteiger partial charge in [0, 0.05) is 12.2 Å². The van der Waals surface area contributed by atoms with Crippen molar-refractivity contribution in [3.63, 3.8) is 0 Å². The fraction of sp³-hybridized carbons (Fsp3) is 0.143. The summed E-state index contributed by atoms with van der Waals surface area (Å²) in [6.07, 6.45) is -0.557. The molecule has 124 valence electrons. The molecule has 25 heavy (non-hydrogen) atoms. The molecule has 3 aromatic carbocycles. The lowest BCUT2D eigenvalue weighted by atomic mass is 10.1. The second-order valence-electron chi connectivity index (χ2n) is 6.33. The number of hydrogen-bond acceptors (Lipinski definition) is 4. The van der Waals surface area contributed by atoms with Gasteiger partial charge in [-0.3, -0.25) is 0 Å². The number of aliphatic hydroxyl groups is 1. The number of fused-ring (bicyclic) bond motifs is 4. The van der Waals surface area contributed by atoms with Crippen LogP contribution in [-0.2, 0) is 6.54 Å². The zero-order valence-electron chi connectivity index (χ0n) is 13.5. The SMILES string of the molecule is OC1c2ccccc2-c2ccc(NCc3ccc4c(c3)OCO4)cc21. The average Bonchev–Trinajstić information content (AvgIpc) is 3.23. The zero-order valence-corrected chi connectivity index (χ0v) is 13.5. The maximum atomic E-state index is 10.6. The molecule has 0 radical (unpaired) electrons. The molecule has 1 aliphatic heterocycles. The first-order valence-corrected chi connectivity index (χ1v) is 8.33. The number of hydrogen-bond donors (Lipinski definition) is 2. The van der Waals surface area contributed by atoms with E-state index in [1.807, 2.05) is 42.5 Å². The van der Waals surface area contributed by atoms with Crippen molar-refractivity contribution in [1.29, 1.82) is 0 Å². The number of ether oxygens (including phenoxy) is 2. The van der Waals surface area contributed by atoms with Gasteiger partial charge in [-0.2, -0.15) is 0 Å². The van der Waals surface area contributed by atoms with Crippen LogP contribution in [0, 0.1) is 0 Å². The highest BCUT2D eigenvalue weighted by Gasteiger charge is 2.26. The van der Waals surface area contributed by atoms with Gasteiger partial charge in [0.25, 0.3) is 0 Å². The molecule has 0 bridgehead atoms. The highest BCUT2D eigenvalue weighted by Crippen LogP contribution is 2.44. The minimum atomic E-state index is -0.557. The van der Waals surface area contributed by atoms with Crippen molar-refractivity contribution in [3.05, 3.63) is 77.4 Å². The molecular weight excluding hydrogens is 314 g/mol. The van der Waals surface area contributed by atoms with Crippen molar-refractivity contribution in [2.24, 2.45) is 0 Å². The number of nitrogens with one attached hydrogen (secondary N) is 1. The summed E-state index contributed by atoms with van der Waals surface area (Å²) in [4.78, 5) is 0. The first kappa shape index (κ1) is 14.4. The van der Waals surface area contributed by atoms with E-state index in [4.69, 9.17) is 9.47 Å². The zero-order chi connectivity index (χ0) is 16.8. The van der Waals surface area contributed by atoms with Crippen molar-refractivity contribution in [1.82, 2.24) is 0 Å². The van der Waals surface area contributed by atoms with Gasteiger partial charge in [-0.05, 0) is 52.1 Å². The third-order valence-corrected chi connectivity index (χ3v) is 4.83. The largest absolute Gasteiger partial charge is 0.454 e. The molecule has 2 aliphatic rings. The Hall–Kier alpha value is -2.98. The predicted molar refractivity (Wildman–Crippen MR) is 95.8 cm³/mol. The Morgan fingerprint density at radius 3 is 2.68 bits per heavy atom. The Balaban J connectivity index is 1.38. The molecule has 0 amide bonds.